The highest BCUT2D eigenvalue weighted by molar-refractivity contribution is 9.11. The van der Waals surface area contributed by atoms with Crippen LogP contribution in [0, 0.1) is 5.92 Å². The molecular weight excluding hydrogens is 422 g/mol. The molecular formula is C14H19Br2NO3S. The van der Waals surface area contributed by atoms with Gasteiger partial charge >= 0.3 is 0 Å². The number of piperidine rings is 1. The zero-order valence-corrected chi connectivity index (χ0v) is 15.8. The Morgan fingerprint density at radius 1 is 1.43 bits per heavy atom. The molecule has 0 radical (unpaired) electrons. The van der Waals surface area contributed by atoms with Crippen molar-refractivity contribution in [1.29, 1.82) is 0 Å². The van der Waals surface area contributed by atoms with Gasteiger partial charge in [0.15, 0.2) is 0 Å². The van der Waals surface area contributed by atoms with Crippen molar-refractivity contribution in [1.82, 2.24) is 4.31 Å². The van der Waals surface area contributed by atoms with E-state index in [9.17, 15) is 13.5 Å². The second kappa shape index (κ2) is 7.08. The number of aliphatic hydroxyl groups excluding tert-OH is 1. The number of aliphatic hydroxyl groups is 1. The lowest BCUT2D eigenvalue weighted by molar-refractivity contribution is 0.122. The van der Waals surface area contributed by atoms with Crippen LogP contribution in [-0.4, -0.2) is 37.2 Å². The maximum Gasteiger partial charge on any atom is 0.211 e. The molecule has 118 valence electrons. The van der Waals surface area contributed by atoms with Crippen LogP contribution in [0.15, 0.2) is 27.1 Å². The van der Waals surface area contributed by atoms with Gasteiger partial charge in [0.2, 0.25) is 10.0 Å². The number of nitrogens with zero attached hydrogens (tertiary/aromatic N) is 1. The van der Waals surface area contributed by atoms with E-state index in [0.717, 1.165) is 27.4 Å². The van der Waals surface area contributed by atoms with Crippen LogP contribution in [0.4, 0.5) is 0 Å². The monoisotopic (exact) mass is 439 g/mol. The van der Waals surface area contributed by atoms with Crippen molar-refractivity contribution in [2.75, 3.05) is 19.3 Å². The Morgan fingerprint density at radius 2 is 2.14 bits per heavy atom. The Balaban J connectivity index is 2.05. The first kappa shape index (κ1) is 17.4. The largest absolute Gasteiger partial charge is 0.388 e. The van der Waals surface area contributed by atoms with Crippen molar-refractivity contribution >= 4 is 41.9 Å². The van der Waals surface area contributed by atoms with Crippen molar-refractivity contribution in [3.05, 3.63) is 32.7 Å². The van der Waals surface area contributed by atoms with E-state index in [-0.39, 0.29) is 5.92 Å². The summed E-state index contributed by atoms with van der Waals surface area (Å²) >= 11 is 6.86. The molecule has 0 aromatic heterocycles. The molecule has 1 saturated heterocycles. The highest BCUT2D eigenvalue weighted by Gasteiger charge is 2.28. The van der Waals surface area contributed by atoms with E-state index >= 15 is 0 Å². The van der Waals surface area contributed by atoms with Gasteiger partial charge in [-0.1, -0.05) is 31.9 Å². The summed E-state index contributed by atoms with van der Waals surface area (Å²) in [4.78, 5) is 0. The number of hydrogen-bond acceptors (Lipinski definition) is 3. The molecule has 1 fully saturated rings. The molecule has 1 aromatic rings. The molecule has 2 rings (SSSR count). The summed E-state index contributed by atoms with van der Waals surface area (Å²) < 4.78 is 26.6. The molecule has 2 atom stereocenters. The van der Waals surface area contributed by atoms with Crippen LogP contribution in [0.1, 0.15) is 30.9 Å². The van der Waals surface area contributed by atoms with Gasteiger partial charge in [-0.2, -0.15) is 0 Å². The summed E-state index contributed by atoms with van der Waals surface area (Å²) in [6, 6.07) is 5.70. The molecule has 1 heterocycles. The number of benzene rings is 1. The lowest BCUT2D eigenvalue weighted by atomic mass is 9.91. The van der Waals surface area contributed by atoms with Crippen molar-refractivity contribution in [2.24, 2.45) is 5.92 Å². The molecule has 1 aliphatic rings. The van der Waals surface area contributed by atoms with E-state index in [1.54, 1.807) is 0 Å². The van der Waals surface area contributed by atoms with Gasteiger partial charge < -0.3 is 5.11 Å². The molecule has 4 nitrogen and oxygen atoms in total. The fraction of sp³-hybridized carbons (Fsp3) is 0.571. The SMILES string of the molecule is CS(=O)(=O)N1CCCC(CC(O)c2cc(Br)ccc2Br)C1. The summed E-state index contributed by atoms with van der Waals surface area (Å²) in [6.45, 7) is 1.09. The van der Waals surface area contributed by atoms with E-state index in [1.807, 2.05) is 18.2 Å². The molecule has 7 heteroatoms. The second-order valence-electron chi connectivity index (χ2n) is 5.55. The van der Waals surface area contributed by atoms with Crippen LogP contribution < -0.4 is 0 Å². The van der Waals surface area contributed by atoms with Crippen LogP contribution in [0.25, 0.3) is 0 Å². The highest BCUT2D eigenvalue weighted by Crippen LogP contribution is 2.33. The maximum atomic E-state index is 11.6. The molecule has 0 aliphatic carbocycles. The first-order valence-electron chi connectivity index (χ1n) is 6.85. The summed E-state index contributed by atoms with van der Waals surface area (Å²) in [6.07, 6.45) is 3.03. The smallest absolute Gasteiger partial charge is 0.211 e. The molecule has 2 unspecified atom stereocenters. The minimum Gasteiger partial charge on any atom is -0.388 e. The summed E-state index contributed by atoms with van der Waals surface area (Å²) in [5.41, 5.74) is 0.834. The highest BCUT2D eigenvalue weighted by atomic mass is 79.9. The number of rotatable bonds is 4. The summed E-state index contributed by atoms with van der Waals surface area (Å²) in [7, 11) is -3.14. The fourth-order valence-corrected chi connectivity index (χ4v) is 4.57. The fourth-order valence-electron chi connectivity index (χ4n) is 2.73. The van der Waals surface area contributed by atoms with E-state index in [0.29, 0.717) is 19.5 Å². The normalized spacial score (nSPS) is 22.2. The Bertz CT molecular complexity index is 606. The van der Waals surface area contributed by atoms with Gasteiger partial charge in [-0.15, -0.1) is 0 Å². The summed E-state index contributed by atoms with van der Waals surface area (Å²) in [5, 5.41) is 10.4. The van der Waals surface area contributed by atoms with Crippen LogP contribution in [-0.2, 0) is 10.0 Å². The van der Waals surface area contributed by atoms with Gasteiger partial charge in [0, 0.05) is 22.0 Å². The molecule has 0 amide bonds. The zero-order valence-electron chi connectivity index (χ0n) is 11.8. The minimum atomic E-state index is -3.14. The van der Waals surface area contributed by atoms with Crippen LogP contribution >= 0.6 is 31.9 Å². The first-order valence-corrected chi connectivity index (χ1v) is 10.3. The lowest BCUT2D eigenvalue weighted by Gasteiger charge is -2.32. The third-order valence-electron chi connectivity index (χ3n) is 3.82. The van der Waals surface area contributed by atoms with E-state index in [2.05, 4.69) is 31.9 Å². The Hall–Kier alpha value is 0.0500. The third-order valence-corrected chi connectivity index (χ3v) is 6.31. The summed E-state index contributed by atoms with van der Waals surface area (Å²) in [5.74, 6) is 0.189. The van der Waals surface area contributed by atoms with E-state index in [1.165, 1.54) is 10.6 Å². The van der Waals surface area contributed by atoms with Gasteiger partial charge in [0.05, 0.1) is 12.4 Å². The van der Waals surface area contributed by atoms with Crippen molar-refractivity contribution in [3.63, 3.8) is 0 Å². The maximum absolute atomic E-state index is 11.6. The zero-order chi connectivity index (χ0) is 15.6. The third kappa shape index (κ3) is 4.76. The molecule has 1 aliphatic heterocycles. The Morgan fingerprint density at radius 3 is 2.81 bits per heavy atom. The number of halogens is 2. The van der Waals surface area contributed by atoms with Gasteiger partial charge in [-0.05, 0) is 48.9 Å². The average Bonchev–Trinajstić information content (AvgIpc) is 2.41. The number of hydrogen-bond donors (Lipinski definition) is 1. The molecule has 1 N–H and O–H groups in total. The van der Waals surface area contributed by atoms with E-state index in [4.69, 9.17) is 0 Å². The van der Waals surface area contributed by atoms with Crippen LogP contribution in [0.3, 0.4) is 0 Å². The quantitative estimate of drug-likeness (QED) is 0.781. The number of sulfonamides is 1. The topological polar surface area (TPSA) is 57.6 Å². The van der Waals surface area contributed by atoms with Crippen LogP contribution in [0.2, 0.25) is 0 Å². The predicted molar refractivity (Wildman–Crippen MR) is 90.6 cm³/mol. The predicted octanol–water partition coefficient (Wildman–Crippen LogP) is 3.31. The Kier molecular flexibility index (Phi) is 5.87. The average molecular weight is 441 g/mol. The Labute approximate surface area is 142 Å². The molecule has 1 aromatic carbocycles. The molecule has 21 heavy (non-hydrogen) atoms. The van der Waals surface area contributed by atoms with Crippen molar-refractivity contribution in [2.45, 2.75) is 25.4 Å². The van der Waals surface area contributed by atoms with Gasteiger partial charge in [0.25, 0.3) is 0 Å². The molecule has 0 spiro atoms. The standard InChI is InChI=1S/C14H19Br2NO3S/c1-21(19,20)17-6-2-3-10(9-17)7-14(18)12-8-11(15)4-5-13(12)16/h4-5,8,10,14,18H,2-3,6-7,9H2,1H3. The minimum absolute atomic E-state index is 0.189. The van der Waals surface area contributed by atoms with Gasteiger partial charge in [-0.3, -0.25) is 0 Å². The van der Waals surface area contributed by atoms with Gasteiger partial charge in [0.1, 0.15) is 0 Å². The van der Waals surface area contributed by atoms with E-state index < -0.39 is 16.1 Å². The first-order chi connectivity index (χ1) is 9.77. The van der Waals surface area contributed by atoms with Crippen LogP contribution in [0.5, 0.6) is 0 Å². The molecule has 0 saturated carbocycles. The lowest BCUT2D eigenvalue weighted by Crippen LogP contribution is -2.39. The molecule has 0 bridgehead atoms. The van der Waals surface area contributed by atoms with Crippen molar-refractivity contribution in [3.8, 4) is 0 Å². The van der Waals surface area contributed by atoms with Gasteiger partial charge in [-0.25, -0.2) is 12.7 Å². The second-order valence-corrected chi connectivity index (χ2v) is 9.30. The van der Waals surface area contributed by atoms with Crippen molar-refractivity contribution < 1.29 is 13.5 Å².